The molecule has 2 aliphatic carbocycles. The van der Waals surface area contributed by atoms with E-state index in [1.165, 1.54) is 29.8 Å². The van der Waals surface area contributed by atoms with Gasteiger partial charge in [0.2, 0.25) is 0 Å². The topological polar surface area (TPSA) is 30.2 Å². The second kappa shape index (κ2) is 3.19. The van der Waals surface area contributed by atoms with Crippen LogP contribution in [-0.2, 0) is 0 Å². The van der Waals surface area contributed by atoms with Gasteiger partial charge in [0, 0.05) is 23.6 Å². The largest absolute Gasteiger partial charge is 0.235 e. The lowest BCUT2D eigenvalue weighted by Gasteiger charge is -2.06. The molecule has 2 aromatic rings. The molecule has 1 unspecified atom stereocenters. The van der Waals surface area contributed by atoms with Crippen molar-refractivity contribution in [1.82, 2.24) is 14.6 Å². The second-order valence-electron chi connectivity index (χ2n) is 4.96. The van der Waals surface area contributed by atoms with Crippen LogP contribution in [-0.4, -0.2) is 14.6 Å². The summed E-state index contributed by atoms with van der Waals surface area (Å²) in [5.41, 5.74) is 4.61. The van der Waals surface area contributed by atoms with Crippen molar-refractivity contribution in [2.75, 3.05) is 0 Å². The molecule has 0 saturated heterocycles. The normalized spacial score (nSPS) is 22.4. The summed E-state index contributed by atoms with van der Waals surface area (Å²) < 4.78 is 3.11. The van der Waals surface area contributed by atoms with E-state index in [1.807, 2.05) is 10.7 Å². The maximum Gasteiger partial charge on any atom is 0.169 e. The predicted octanol–water partition coefficient (Wildman–Crippen LogP) is 3.50. The van der Waals surface area contributed by atoms with Gasteiger partial charge in [-0.25, -0.2) is 9.50 Å². The molecule has 1 atom stereocenters. The Bertz CT molecular complexity index is 652. The average Bonchev–Trinajstić information content (AvgIpc) is 3.02. The minimum atomic E-state index is 0.425. The maximum atomic E-state index is 4.76. The van der Waals surface area contributed by atoms with Gasteiger partial charge in [-0.05, 0) is 28.8 Å². The molecule has 0 aromatic carbocycles. The van der Waals surface area contributed by atoms with E-state index < -0.39 is 0 Å². The second-order valence-corrected chi connectivity index (χ2v) is 5.75. The predicted molar refractivity (Wildman–Crippen MR) is 70.1 cm³/mol. The highest BCUT2D eigenvalue weighted by Crippen LogP contribution is 2.44. The van der Waals surface area contributed by atoms with Crippen molar-refractivity contribution < 1.29 is 0 Å². The fraction of sp³-hybridized carbons (Fsp3) is 0.385. The highest BCUT2D eigenvalue weighted by atomic mass is 79.9. The molecular weight excluding hydrogens is 278 g/mol. The Morgan fingerprint density at radius 2 is 2.24 bits per heavy atom. The van der Waals surface area contributed by atoms with Crippen molar-refractivity contribution >= 4 is 27.7 Å². The van der Waals surface area contributed by atoms with Crippen molar-refractivity contribution in [3.8, 4) is 0 Å². The van der Waals surface area contributed by atoms with Crippen LogP contribution in [0.3, 0.4) is 0 Å². The van der Waals surface area contributed by atoms with E-state index in [-0.39, 0.29) is 0 Å². The maximum absolute atomic E-state index is 4.76. The van der Waals surface area contributed by atoms with Crippen molar-refractivity contribution in [3.63, 3.8) is 0 Å². The summed E-state index contributed by atoms with van der Waals surface area (Å²) in [7, 11) is 0. The molecule has 1 saturated carbocycles. The van der Waals surface area contributed by atoms with Gasteiger partial charge in [0.15, 0.2) is 5.65 Å². The molecule has 2 aromatic heterocycles. The van der Waals surface area contributed by atoms with Crippen molar-refractivity contribution in [3.05, 3.63) is 33.7 Å². The molecule has 0 spiro atoms. The summed E-state index contributed by atoms with van der Waals surface area (Å²) in [5, 5.41) is 4.76. The Balaban J connectivity index is 2.05. The van der Waals surface area contributed by atoms with E-state index in [4.69, 9.17) is 5.10 Å². The zero-order valence-corrected chi connectivity index (χ0v) is 11.1. The average molecular weight is 290 g/mol. The first-order valence-corrected chi connectivity index (χ1v) is 6.80. The summed E-state index contributed by atoms with van der Waals surface area (Å²) >= 11 is 3.65. The summed E-state index contributed by atoms with van der Waals surface area (Å²) in [4.78, 5) is 4.52. The lowest BCUT2D eigenvalue weighted by molar-refractivity contribution is 0.787. The summed E-state index contributed by atoms with van der Waals surface area (Å²) in [6.07, 6.45) is 8.82. The summed E-state index contributed by atoms with van der Waals surface area (Å²) in [5.74, 6) is 1.07. The van der Waals surface area contributed by atoms with Crippen molar-refractivity contribution in [2.45, 2.75) is 31.6 Å². The van der Waals surface area contributed by atoms with E-state index in [1.54, 1.807) is 0 Å². The van der Waals surface area contributed by atoms with E-state index in [2.05, 4.69) is 40.0 Å². The van der Waals surface area contributed by atoms with Crippen LogP contribution in [0.25, 0.3) is 11.7 Å². The van der Waals surface area contributed by atoms with E-state index >= 15 is 0 Å². The molecule has 3 nitrogen and oxygen atoms in total. The molecule has 0 amide bonds. The van der Waals surface area contributed by atoms with Crippen LogP contribution in [0.1, 0.15) is 48.6 Å². The minimum absolute atomic E-state index is 0.425. The van der Waals surface area contributed by atoms with E-state index in [0.29, 0.717) is 11.8 Å². The first-order chi connectivity index (χ1) is 8.25. The van der Waals surface area contributed by atoms with Crippen molar-refractivity contribution in [1.29, 1.82) is 0 Å². The zero-order valence-electron chi connectivity index (χ0n) is 9.52. The molecular formula is C13H12BrN3. The molecule has 1 fully saturated rings. The van der Waals surface area contributed by atoms with Crippen LogP contribution in [0.15, 0.2) is 16.7 Å². The molecule has 4 heteroatoms. The Morgan fingerprint density at radius 1 is 1.41 bits per heavy atom. The number of fused-ring (bicyclic) bond motifs is 3. The van der Waals surface area contributed by atoms with Crippen LogP contribution in [0.5, 0.6) is 0 Å². The van der Waals surface area contributed by atoms with E-state index in [9.17, 15) is 0 Å². The van der Waals surface area contributed by atoms with Crippen LogP contribution >= 0.6 is 15.9 Å². The van der Waals surface area contributed by atoms with Gasteiger partial charge in [0.25, 0.3) is 0 Å². The molecule has 0 radical (unpaired) electrons. The SMILES string of the molecule is CC1C=Cc2cnc3c(Br)c(C4CC4)nn3c21. The van der Waals surface area contributed by atoms with Gasteiger partial charge in [0.1, 0.15) is 0 Å². The lowest BCUT2D eigenvalue weighted by atomic mass is 10.1. The van der Waals surface area contributed by atoms with Gasteiger partial charge in [0.05, 0.1) is 15.9 Å². The van der Waals surface area contributed by atoms with Gasteiger partial charge < -0.3 is 0 Å². The number of aromatic nitrogens is 3. The zero-order chi connectivity index (χ0) is 11.6. The molecule has 2 aliphatic rings. The number of halogens is 1. The summed E-state index contributed by atoms with van der Waals surface area (Å²) in [6.45, 7) is 2.20. The minimum Gasteiger partial charge on any atom is -0.235 e. The highest BCUT2D eigenvalue weighted by molar-refractivity contribution is 9.10. The third-order valence-corrected chi connectivity index (χ3v) is 4.40. The smallest absolute Gasteiger partial charge is 0.169 e. The molecule has 0 bridgehead atoms. The van der Waals surface area contributed by atoms with Crippen LogP contribution in [0, 0.1) is 0 Å². The molecule has 17 heavy (non-hydrogen) atoms. The molecule has 4 rings (SSSR count). The van der Waals surface area contributed by atoms with Crippen molar-refractivity contribution in [2.24, 2.45) is 0 Å². The first kappa shape index (κ1) is 9.83. The molecule has 0 aliphatic heterocycles. The first-order valence-electron chi connectivity index (χ1n) is 6.01. The number of hydrogen-bond acceptors (Lipinski definition) is 2. The third-order valence-electron chi connectivity index (χ3n) is 3.64. The summed E-state index contributed by atoms with van der Waals surface area (Å²) in [6, 6.07) is 0. The fourth-order valence-corrected chi connectivity index (χ4v) is 3.22. The highest BCUT2D eigenvalue weighted by Gasteiger charge is 2.31. The third kappa shape index (κ3) is 1.27. The number of nitrogens with zero attached hydrogens (tertiary/aromatic N) is 3. The van der Waals surface area contributed by atoms with Crippen LogP contribution in [0.2, 0.25) is 0 Å². The standard InChI is InChI=1S/C13H12BrN3/c1-7-2-3-9-6-15-13-10(14)11(8-4-5-8)16-17(13)12(7)9/h2-3,6-8H,4-5H2,1H3. The van der Waals surface area contributed by atoms with Crippen LogP contribution < -0.4 is 0 Å². The van der Waals surface area contributed by atoms with Gasteiger partial charge in [-0.1, -0.05) is 19.1 Å². The molecule has 2 heterocycles. The quantitative estimate of drug-likeness (QED) is 0.804. The Labute approximate surface area is 108 Å². The van der Waals surface area contributed by atoms with Gasteiger partial charge in [-0.3, -0.25) is 0 Å². The fourth-order valence-electron chi connectivity index (χ4n) is 2.55. The van der Waals surface area contributed by atoms with Gasteiger partial charge >= 0.3 is 0 Å². The molecule has 86 valence electrons. The Hall–Kier alpha value is -1.16. The van der Waals surface area contributed by atoms with E-state index in [0.717, 1.165) is 10.1 Å². The number of hydrogen-bond donors (Lipinski definition) is 0. The Morgan fingerprint density at radius 3 is 3.00 bits per heavy atom. The van der Waals surface area contributed by atoms with Gasteiger partial charge in [-0.15, -0.1) is 0 Å². The van der Waals surface area contributed by atoms with Gasteiger partial charge in [-0.2, -0.15) is 5.10 Å². The number of allylic oxidation sites excluding steroid dienone is 1. The monoisotopic (exact) mass is 289 g/mol. The number of rotatable bonds is 1. The lowest BCUT2D eigenvalue weighted by Crippen LogP contribution is -2.02. The Kier molecular flexibility index (Phi) is 1.85. The van der Waals surface area contributed by atoms with Crippen LogP contribution in [0.4, 0.5) is 0 Å². The molecule has 0 N–H and O–H groups in total.